The van der Waals surface area contributed by atoms with Crippen molar-refractivity contribution in [3.05, 3.63) is 55.8 Å². The average Bonchev–Trinajstić information content (AvgIpc) is 2.26. The average molecular weight is 367 g/mol. The molecule has 0 saturated heterocycles. The van der Waals surface area contributed by atoms with Crippen LogP contribution in [0.5, 0.6) is 0 Å². The van der Waals surface area contributed by atoms with Gasteiger partial charge in [-0.3, -0.25) is 0 Å². The van der Waals surface area contributed by atoms with Gasteiger partial charge in [-0.05, 0) is 46.9 Å². The highest BCUT2D eigenvalue weighted by Gasteiger charge is 2.11. The lowest BCUT2D eigenvalue weighted by molar-refractivity contribution is 0.624. The van der Waals surface area contributed by atoms with E-state index in [2.05, 4.69) is 0 Å². The Morgan fingerprint density at radius 3 is 2.50 bits per heavy atom. The molecule has 0 heterocycles. The molecule has 0 nitrogen and oxygen atoms in total. The molecule has 0 N–H and O–H groups in total. The third kappa shape index (κ3) is 2.34. The van der Waals surface area contributed by atoms with Crippen LogP contribution in [0.3, 0.4) is 0 Å². The van der Waals surface area contributed by atoms with Crippen LogP contribution in [0.1, 0.15) is 0 Å². The molecule has 2 rings (SSSR count). The lowest BCUT2D eigenvalue weighted by Crippen LogP contribution is -1.88. The van der Waals surface area contributed by atoms with Gasteiger partial charge in [0.05, 0.1) is 0 Å². The van der Waals surface area contributed by atoms with Crippen molar-refractivity contribution < 1.29 is 4.39 Å². The van der Waals surface area contributed by atoms with Crippen LogP contribution in [0.2, 0.25) is 10.0 Å². The zero-order chi connectivity index (χ0) is 11.7. The number of hydrogen-bond donors (Lipinski definition) is 0. The summed E-state index contributed by atoms with van der Waals surface area (Å²) in [6, 6.07) is 10.2. The molecule has 0 radical (unpaired) electrons. The molecule has 4 heteroatoms. The maximum Gasteiger partial charge on any atom is 0.144 e. The predicted octanol–water partition coefficient (Wildman–Crippen LogP) is 5.40. The smallest absolute Gasteiger partial charge is 0.144 e. The molecule has 0 aliphatic heterocycles. The first kappa shape index (κ1) is 12.1. The lowest BCUT2D eigenvalue weighted by Gasteiger charge is -2.07. The predicted molar refractivity (Wildman–Crippen MR) is 74.6 cm³/mol. The Morgan fingerprint density at radius 1 is 1.00 bits per heavy atom. The van der Waals surface area contributed by atoms with Crippen LogP contribution in [0, 0.1) is 9.39 Å². The second kappa shape index (κ2) is 4.90. The first-order valence-corrected chi connectivity index (χ1v) is 6.32. The molecule has 2 aromatic rings. The number of rotatable bonds is 1. The number of benzene rings is 2. The highest BCUT2D eigenvalue weighted by molar-refractivity contribution is 14.1. The van der Waals surface area contributed by atoms with Gasteiger partial charge in [0.15, 0.2) is 0 Å². The van der Waals surface area contributed by atoms with Crippen molar-refractivity contribution in [2.24, 2.45) is 0 Å². The van der Waals surface area contributed by atoms with Gasteiger partial charge in [0.25, 0.3) is 0 Å². The zero-order valence-corrected chi connectivity index (χ0v) is 11.6. The van der Waals surface area contributed by atoms with Crippen molar-refractivity contribution in [1.82, 2.24) is 0 Å². The highest BCUT2D eigenvalue weighted by Crippen LogP contribution is 2.33. The number of hydrogen-bond acceptors (Lipinski definition) is 0. The third-order valence-corrected chi connectivity index (χ3v) is 3.57. The Morgan fingerprint density at radius 2 is 1.75 bits per heavy atom. The van der Waals surface area contributed by atoms with Crippen LogP contribution < -0.4 is 0 Å². The van der Waals surface area contributed by atoms with E-state index in [1.165, 1.54) is 0 Å². The summed E-state index contributed by atoms with van der Waals surface area (Å²) in [6.07, 6.45) is 0. The Kier molecular flexibility index (Phi) is 3.72. The molecule has 0 amide bonds. The maximum atomic E-state index is 13.9. The van der Waals surface area contributed by atoms with Gasteiger partial charge in [0.1, 0.15) is 5.82 Å². The van der Waals surface area contributed by atoms with Crippen molar-refractivity contribution in [1.29, 1.82) is 0 Å². The first-order valence-electron chi connectivity index (χ1n) is 4.49. The van der Waals surface area contributed by atoms with Crippen molar-refractivity contribution in [2.75, 3.05) is 0 Å². The fourth-order valence-corrected chi connectivity index (χ4v) is 2.31. The summed E-state index contributed by atoms with van der Waals surface area (Å²) in [5.41, 5.74) is 1.09. The van der Waals surface area contributed by atoms with Gasteiger partial charge in [-0.15, -0.1) is 0 Å². The molecular formula is C12H6Cl2FI. The second-order valence-corrected chi connectivity index (χ2v) is 5.23. The second-order valence-electron chi connectivity index (χ2n) is 3.23. The molecule has 0 unspecified atom stereocenters. The standard InChI is InChI=1S/C12H6Cl2FI/c13-7-4-5-10(14)9(6-7)8-2-1-3-11(16)12(8)15/h1-6H. The highest BCUT2D eigenvalue weighted by atomic mass is 127. The lowest BCUT2D eigenvalue weighted by atomic mass is 10.1. The van der Waals surface area contributed by atoms with Gasteiger partial charge in [-0.1, -0.05) is 35.3 Å². The molecule has 16 heavy (non-hydrogen) atoms. The van der Waals surface area contributed by atoms with Crippen LogP contribution in [0.15, 0.2) is 36.4 Å². The molecule has 0 atom stereocenters. The van der Waals surface area contributed by atoms with E-state index in [9.17, 15) is 4.39 Å². The summed E-state index contributed by atoms with van der Waals surface area (Å²) in [7, 11) is 0. The topological polar surface area (TPSA) is 0 Å². The first-order chi connectivity index (χ1) is 7.59. The minimum absolute atomic E-state index is 0.271. The van der Waals surface area contributed by atoms with E-state index < -0.39 is 0 Å². The Hall–Kier alpha value is -0.320. The molecule has 82 valence electrons. The van der Waals surface area contributed by atoms with E-state index in [-0.39, 0.29) is 5.82 Å². The van der Waals surface area contributed by atoms with Gasteiger partial charge in [-0.25, -0.2) is 4.39 Å². The maximum absolute atomic E-state index is 13.9. The monoisotopic (exact) mass is 366 g/mol. The summed E-state index contributed by atoms with van der Waals surface area (Å²) in [6.45, 7) is 0. The Labute approximate surface area is 117 Å². The molecule has 0 spiro atoms. The van der Waals surface area contributed by atoms with E-state index in [1.807, 2.05) is 22.6 Å². The van der Waals surface area contributed by atoms with Gasteiger partial charge >= 0.3 is 0 Å². The van der Waals surface area contributed by atoms with Gasteiger partial charge in [0.2, 0.25) is 0 Å². The van der Waals surface area contributed by atoms with Crippen LogP contribution in [0.25, 0.3) is 11.1 Å². The summed E-state index contributed by atoms with van der Waals surface area (Å²) >= 11 is 13.8. The van der Waals surface area contributed by atoms with E-state index in [4.69, 9.17) is 23.2 Å². The molecule has 0 bridgehead atoms. The fourth-order valence-electron chi connectivity index (χ4n) is 1.42. The Balaban J connectivity index is 2.67. The van der Waals surface area contributed by atoms with Crippen molar-refractivity contribution in [2.45, 2.75) is 0 Å². The minimum Gasteiger partial charge on any atom is -0.205 e. The van der Waals surface area contributed by atoms with Gasteiger partial charge < -0.3 is 0 Å². The van der Waals surface area contributed by atoms with E-state index in [0.717, 1.165) is 0 Å². The van der Waals surface area contributed by atoms with Crippen LogP contribution in [0.4, 0.5) is 4.39 Å². The van der Waals surface area contributed by atoms with Crippen molar-refractivity contribution in [3.63, 3.8) is 0 Å². The Bertz CT molecular complexity index is 541. The molecule has 0 aliphatic rings. The summed E-state index contributed by atoms with van der Waals surface area (Å²) < 4.78 is 14.5. The summed E-state index contributed by atoms with van der Waals surface area (Å²) in [5.74, 6) is -0.271. The van der Waals surface area contributed by atoms with E-state index in [1.54, 1.807) is 36.4 Å². The van der Waals surface area contributed by atoms with Crippen LogP contribution in [-0.2, 0) is 0 Å². The van der Waals surface area contributed by atoms with Crippen LogP contribution >= 0.6 is 45.8 Å². The normalized spacial score (nSPS) is 10.5. The molecule has 0 aromatic heterocycles. The third-order valence-electron chi connectivity index (χ3n) is 2.17. The SMILES string of the molecule is Fc1c(I)cccc1-c1cc(Cl)ccc1Cl. The molecule has 2 aromatic carbocycles. The molecule has 0 fully saturated rings. The number of halogens is 4. The minimum atomic E-state index is -0.271. The summed E-state index contributed by atoms with van der Waals surface area (Å²) in [5, 5.41) is 1.03. The van der Waals surface area contributed by atoms with Gasteiger partial charge in [0, 0.05) is 24.7 Å². The van der Waals surface area contributed by atoms with Crippen molar-refractivity contribution >= 4 is 45.8 Å². The molecule has 0 aliphatic carbocycles. The zero-order valence-electron chi connectivity index (χ0n) is 7.98. The molecule has 0 saturated carbocycles. The van der Waals surface area contributed by atoms with E-state index >= 15 is 0 Å². The van der Waals surface area contributed by atoms with Crippen LogP contribution in [-0.4, -0.2) is 0 Å². The fraction of sp³-hybridized carbons (Fsp3) is 0. The molecular weight excluding hydrogens is 361 g/mol. The quantitative estimate of drug-likeness (QED) is 0.592. The largest absolute Gasteiger partial charge is 0.205 e. The summed E-state index contributed by atoms with van der Waals surface area (Å²) in [4.78, 5) is 0. The van der Waals surface area contributed by atoms with Crippen molar-refractivity contribution in [3.8, 4) is 11.1 Å². The van der Waals surface area contributed by atoms with Gasteiger partial charge in [-0.2, -0.15) is 0 Å². The van der Waals surface area contributed by atoms with E-state index in [0.29, 0.717) is 24.7 Å².